The Hall–Kier alpha value is -7.56. The van der Waals surface area contributed by atoms with E-state index in [0.717, 1.165) is 17.1 Å². The Kier molecular flexibility index (Phi) is 8.55. The van der Waals surface area contributed by atoms with Crippen molar-refractivity contribution in [3.63, 3.8) is 0 Å². The summed E-state index contributed by atoms with van der Waals surface area (Å²) in [6.07, 6.45) is 0. The first-order valence-corrected chi connectivity index (χ1v) is 23.5. The molecule has 64 heavy (non-hydrogen) atoms. The molecule has 0 unspecified atom stereocenters. The number of fused-ring (bicyclic) bond motifs is 9. The van der Waals surface area contributed by atoms with E-state index >= 15 is 0 Å². The van der Waals surface area contributed by atoms with E-state index in [1.165, 1.54) is 96.0 Å². The van der Waals surface area contributed by atoms with Crippen molar-refractivity contribution in [2.45, 2.75) is 5.41 Å². The predicted octanol–water partition coefficient (Wildman–Crippen LogP) is 17.6. The van der Waals surface area contributed by atoms with Crippen molar-refractivity contribution in [3.05, 3.63) is 259 Å². The van der Waals surface area contributed by atoms with Gasteiger partial charge < -0.3 is 4.90 Å². The molecule has 0 bridgehead atoms. The van der Waals surface area contributed by atoms with Crippen LogP contribution in [0, 0.1) is 0 Å². The molecule has 12 aromatic rings. The second-order valence-electron chi connectivity index (χ2n) is 16.8. The summed E-state index contributed by atoms with van der Waals surface area (Å²) in [5.41, 5.74) is 15.4. The molecule has 1 aliphatic carbocycles. The van der Waals surface area contributed by atoms with Gasteiger partial charge in [-0.25, -0.2) is 0 Å². The fourth-order valence-corrected chi connectivity index (χ4v) is 12.8. The highest BCUT2D eigenvalue weighted by Gasteiger charge is 2.46. The molecule has 0 saturated heterocycles. The lowest BCUT2D eigenvalue weighted by atomic mass is 9.67. The second kappa shape index (κ2) is 14.8. The zero-order valence-corrected chi connectivity index (χ0v) is 36.4. The zero-order chi connectivity index (χ0) is 42.2. The molecule has 0 spiro atoms. The molecule has 3 heteroatoms. The highest BCUT2D eigenvalue weighted by molar-refractivity contribution is 7.26. The molecule has 0 atom stereocenters. The van der Waals surface area contributed by atoms with Gasteiger partial charge in [0.2, 0.25) is 0 Å². The van der Waals surface area contributed by atoms with Gasteiger partial charge >= 0.3 is 0 Å². The minimum absolute atomic E-state index is 0.503. The number of nitrogens with zero attached hydrogens (tertiary/aromatic N) is 1. The van der Waals surface area contributed by atoms with Crippen LogP contribution in [0.5, 0.6) is 0 Å². The molecular formula is C61H39NS2. The van der Waals surface area contributed by atoms with Crippen molar-refractivity contribution in [2.24, 2.45) is 0 Å². The van der Waals surface area contributed by atoms with Gasteiger partial charge in [-0.2, -0.15) is 0 Å². The first kappa shape index (κ1) is 37.0. The third-order valence-corrected chi connectivity index (χ3v) is 15.7. The maximum absolute atomic E-state index is 2.46. The lowest BCUT2D eigenvalue weighted by Gasteiger charge is -2.35. The van der Waals surface area contributed by atoms with Crippen LogP contribution < -0.4 is 4.90 Å². The molecule has 10 aromatic carbocycles. The van der Waals surface area contributed by atoms with Crippen LogP contribution >= 0.6 is 22.7 Å². The molecule has 0 aliphatic heterocycles. The number of anilines is 3. The van der Waals surface area contributed by atoms with E-state index in [-0.39, 0.29) is 0 Å². The van der Waals surface area contributed by atoms with Crippen molar-refractivity contribution in [2.75, 3.05) is 4.90 Å². The topological polar surface area (TPSA) is 3.24 Å². The Morgan fingerprint density at radius 2 is 0.812 bits per heavy atom. The minimum atomic E-state index is -0.503. The predicted molar refractivity (Wildman–Crippen MR) is 275 cm³/mol. The summed E-state index contributed by atoms with van der Waals surface area (Å²) in [4.78, 5) is 2.44. The number of benzene rings is 10. The Balaban J connectivity index is 0.983. The number of thiophene rings is 2. The molecule has 1 nitrogen and oxygen atoms in total. The maximum Gasteiger partial charge on any atom is 0.0714 e. The van der Waals surface area contributed by atoms with Crippen LogP contribution in [0.3, 0.4) is 0 Å². The first-order chi connectivity index (χ1) is 31.7. The summed E-state index contributed by atoms with van der Waals surface area (Å²) < 4.78 is 5.29. The van der Waals surface area contributed by atoms with Gasteiger partial charge in [-0.3, -0.25) is 0 Å². The zero-order valence-electron chi connectivity index (χ0n) is 34.8. The molecule has 0 amide bonds. The van der Waals surface area contributed by atoms with Crippen LogP contribution in [-0.2, 0) is 5.41 Å². The van der Waals surface area contributed by atoms with Gasteiger partial charge in [0.05, 0.1) is 5.41 Å². The lowest BCUT2D eigenvalue weighted by Crippen LogP contribution is -2.28. The second-order valence-corrected chi connectivity index (χ2v) is 18.9. The Morgan fingerprint density at radius 3 is 1.53 bits per heavy atom. The summed E-state index contributed by atoms with van der Waals surface area (Å²) in [6, 6.07) is 87.8. The Labute approximate surface area is 380 Å². The van der Waals surface area contributed by atoms with Gasteiger partial charge in [0, 0.05) is 57.4 Å². The quantitative estimate of drug-likeness (QED) is 0.154. The lowest BCUT2D eigenvalue weighted by molar-refractivity contribution is 0.768. The molecule has 300 valence electrons. The van der Waals surface area contributed by atoms with Crippen LogP contribution in [0.1, 0.15) is 22.3 Å². The summed E-state index contributed by atoms with van der Waals surface area (Å²) in [5.74, 6) is 0. The van der Waals surface area contributed by atoms with Gasteiger partial charge in [0.25, 0.3) is 0 Å². The van der Waals surface area contributed by atoms with Crippen molar-refractivity contribution in [3.8, 4) is 33.4 Å². The van der Waals surface area contributed by atoms with E-state index in [1.807, 2.05) is 22.7 Å². The average molecular weight is 850 g/mol. The van der Waals surface area contributed by atoms with E-state index in [4.69, 9.17) is 0 Å². The molecule has 0 N–H and O–H groups in total. The Bertz CT molecular complexity index is 3670. The molecular weight excluding hydrogens is 811 g/mol. The maximum atomic E-state index is 2.46. The monoisotopic (exact) mass is 849 g/mol. The fraction of sp³-hybridized carbons (Fsp3) is 0.0164. The van der Waals surface area contributed by atoms with Crippen LogP contribution in [0.2, 0.25) is 0 Å². The fourth-order valence-electron chi connectivity index (χ4n) is 10.5. The van der Waals surface area contributed by atoms with Gasteiger partial charge in [0.15, 0.2) is 0 Å². The molecule has 13 rings (SSSR count). The first-order valence-electron chi connectivity index (χ1n) is 21.9. The normalized spacial score (nSPS) is 12.8. The summed E-state index contributed by atoms with van der Waals surface area (Å²) >= 11 is 3.74. The van der Waals surface area contributed by atoms with Gasteiger partial charge in [-0.1, -0.05) is 176 Å². The molecule has 1 aliphatic rings. The number of hydrogen-bond donors (Lipinski definition) is 0. The molecule has 0 radical (unpaired) electrons. The van der Waals surface area contributed by atoms with Crippen molar-refractivity contribution in [1.29, 1.82) is 0 Å². The smallest absolute Gasteiger partial charge is 0.0714 e. The summed E-state index contributed by atoms with van der Waals surface area (Å²) in [6.45, 7) is 0. The standard InChI is InChI=1S/C61H39NS2/c1-3-14-43(15-4-1)61(44-16-5-2-6-17-44)55-23-10-7-18-49(55)50-36-35-47(39-56(50)61)62(45-31-26-40(27-32-45)42-30-37-59-54(38-42)52-20-9-11-24-57(52)63-59)46-33-28-41(29-34-46)48-21-13-22-53-51-19-8-12-25-58(51)64-60(48)53/h1-39H. The van der Waals surface area contributed by atoms with Crippen molar-refractivity contribution < 1.29 is 0 Å². The van der Waals surface area contributed by atoms with E-state index in [0.29, 0.717) is 0 Å². The van der Waals surface area contributed by atoms with Crippen LogP contribution in [0.15, 0.2) is 237 Å². The van der Waals surface area contributed by atoms with Crippen molar-refractivity contribution >= 4 is 80.1 Å². The van der Waals surface area contributed by atoms with E-state index in [1.54, 1.807) is 0 Å². The highest BCUT2D eigenvalue weighted by Crippen LogP contribution is 2.57. The molecule has 0 saturated carbocycles. The number of hydrogen-bond acceptors (Lipinski definition) is 3. The summed E-state index contributed by atoms with van der Waals surface area (Å²) in [7, 11) is 0. The van der Waals surface area contributed by atoms with Crippen LogP contribution in [0.25, 0.3) is 73.7 Å². The largest absolute Gasteiger partial charge is 0.310 e. The van der Waals surface area contributed by atoms with Crippen molar-refractivity contribution in [1.82, 2.24) is 0 Å². The molecule has 0 fully saturated rings. The van der Waals surface area contributed by atoms with E-state index in [9.17, 15) is 0 Å². The van der Waals surface area contributed by atoms with Gasteiger partial charge in [-0.15, -0.1) is 22.7 Å². The molecule has 2 heterocycles. The SMILES string of the molecule is c1ccc(C2(c3ccccc3)c3ccccc3-c3ccc(N(c4ccc(-c5ccc6sc7ccccc7c6c5)cc4)c4ccc(-c5cccc6c5sc5ccccc56)cc4)cc32)cc1. The van der Waals surface area contributed by atoms with E-state index < -0.39 is 5.41 Å². The van der Waals surface area contributed by atoms with Gasteiger partial charge in [0.1, 0.15) is 0 Å². The van der Waals surface area contributed by atoms with Crippen LogP contribution in [0.4, 0.5) is 17.1 Å². The number of rotatable bonds is 7. The summed E-state index contributed by atoms with van der Waals surface area (Å²) in [5, 5.41) is 5.27. The van der Waals surface area contributed by atoms with E-state index in [2.05, 4.69) is 241 Å². The average Bonchev–Trinajstić information content (AvgIpc) is 4.03. The Morgan fingerprint density at radius 1 is 0.297 bits per heavy atom. The van der Waals surface area contributed by atoms with Gasteiger partial charge in [-0.05, 0) is 116 Å². The highest BCUT2D eigenvalue weighted by atomic mass is 32.1. The molecule has 2 aromatic heterocycles. The minimum Gasteiger partial charge on any atom is -0.310 e. The third kappa shape index (κ3) is 5.68. The van der Waals surface area contributed by atoms with Crippen LogP contribution in [-0.4, -0.2) is 0 Å². The third-order valence-electron chi connectivity index (χ3n) is 13.4.